The van der Waals surface area contributed by atoms with Crippen LogP contribution >= 0.6 is 0 Å². The van der Waals surface area contributed by atoms with E-state index in [4.69, 9.17) is 9.72 Å². The summed E-state index contributed by atoms with van der Waals surface area (Å²) in [5.74, 6) is 1.20. The first kappa shape index (κ1) is 40.0. The first-order valence-corrected chi connectivity index (χ1v) is 20.6. The summed E-state index contributed by atoms with van der Waals surface area (Å²) in [5.41, 5.74) is 11.7. The molecule has 0 spiro atoms. The maximum Gasteiger partial charge on any atom is 0.143 e. The quantitative estimate of drug-likeness (QED) is 0.135. The molecule has 0 unspecified atom stereocenters. The molecule has 8 aromatic rings. The molecule has 3 heterocycles. The van der Waals surface area contributed by atoms with E-state index in [2.05, 4.69) is 200 Å². The third-order valence-corrected chi connectivity index (χ3v) is 12.2. The van der Waals surface area contributed by atoms with Crippen molar-refractivity contribution in [2.24, 2.45) is 0 Å². The van der Waals surface area contributed by atoms with Crippen LogP contribution in [0.4, 0.5) is 17.1 Å². The minimum Gasteiger partial charge on any atom is -0.509 e. The third-order valence-electron chi connectivity index (χ3n) is 12.2. The molecule has 0 N–H and O–H groups in total. The second-order valence-corrected chi connectivity index (χ2v) is 16.6. The Morgan fingerprint density at radius 3 is 1.84 bits per heavy atom. The second kappa shape index (κ2) is 16.2. The number of hydrogen-bond donors (Lipinski definition) is 0. The van der Waals surface area contributed by atoms with E-state index in [1.165, 1.54) is 28.0 Å². The Morgan fingerprint density at radius 2 is 1.13 bits per heavy atom. The van der Waals surface area contributed by atoms with Crippen LogP contribution in [0.15, 0.2) is 199 Å². The van der Waals surface area contributed by atoms with Crippen molar-refractivity contribution >= 4 is 39.0 Å². The summed E-state index contributed by atoms with van der Waals surface area (Å²) >= 11 is 0. The second-order valence-electron chi connectivity index (χ2n) is 16.6. The molecule has 0 atom stereocenters. The van der Waals surface area contributed by atoms with Gasteiger partial charge in [0.1, 0.15) is 5.65 Å². The number of allylic oxidation sites excluding steroid dienone is 5. The zero-order valence-electron chi connectivity index (χ0n) is 34.6. The SMILES string of the molecule is CC(C)(C1=CCC(N2[CH-]N(c3[c-]c(Oc4[c-]c(-n5c6ccccc6c6cccnc65)ccc4)ccc3)c3ccccc32)=CC(C(C)(C)c2ccccc2)=C1)c1ccccc1.[Pt]. The summed E-state index contributed by atoms with van der Waals surface area (Å²) in [4.78, 5) is 9.31. The van der Waals surface area contributed by atoms with E-state index < -0.39 is 0 Å². The number of fused-ring (bicyclic) bond motifs is 4. The maximum absolute atomic E-state index is 6.54. The molecule has 5 nitrogen and oxygen atoms in total. The molecule has 6 heteroatoms. The topological polar surface area (TPSA) is 33.5 Å². The minimum absolute atomic E-state index is 0. The number of rotatable bonds is 9. The number of para-hydroxylation sites is 3. The zero-order chi connectivity index (χ0) is 40.8. The van der Waals surface area contributed by atoms with Crippen molar-refractivity contribution < 1.29 is 25.8 Å². The largest absolute Gasteiger partial charge is 0.509 e. The van der Waals surface area contributed by atoms with Gasteiger partial charge >= 0.3 is 0 Å². The van der Waals surface area contributed by atoms with Gasteiger partial charge in [-0.3, -0.25) is 0 Å². The standard InChI is InChI=1S/C55H45N4O.Pt/c1-54(2,39-18-7-5-8-19-39)41-31-32-44(35-42(34-41)55(3,4)40-20-9-6-10-21-40)58-38-57(51-29-13-14-30-52(51)58)43-22-15-24-46(36-43)60-47-25-16-23-45(37-47)59-50-28-12-11-26-48(50)49-27-17-33-56-53(49)59;/h5-31,33-35,38H,32H2,1-4H3;/q-3;. The molecule has 0 saturated carbocycles. The summed E-state index contributed by atoms with van der Waals surface area (Å²) in [6.45, 7) is 11.5. The van der Waals surface area contributed by atoms with Gasteiger partial charge in [0.2, 0.25) is 0 Å². The van der Waals surface area contributed by atoms with Crippen LogP contribution < -0.4 is 14.5 Å². The van der Waals surface area contributed by atoms with Crippen LogP contribution in [0.1, 0.15) is 45.2 Å². The van der Waals surface area contributed by atoms with Gasteiger partial charge in [-0.15, -0.1) is 48.8 Å². The average Bonchev–Trinajstić information content (AvgIpc) is 3.74. The predicted molar refractivity (Wildman–Crippen MR) is 246 cm³/mol. The van der Waals surface area contributed by atoms with Gasteiger partial charge in [0.15, 0.2) is 0 Å². The zero-order valence-corrected chi connectivity index (χ0v) is 36.9. The van der Waals surface area contributed by atoms with Crippen LogP contribution in [0.5, 0.6) is 11.5 Å². The van der Waals surface area contributed by atoms with Crippen molar-refractivity contribution in [3.63, 3.8) is 0 Å². The molecule has 0 radical (unpaired) electrons. The Labute approximate surface area is 373 Å². The van der Waals surface area contributed by atoms with Crippen molar-refractivity contribution in [2.45, 2.75) is 44.9 Å². The van der Waals surface area contributed by atoms with Crippen LogP contribution in [0.3, 0.4) is 0 Å². The smallest absolute Gasteiger partial charge is 0.143 e. The fourth-order valence-electron chi connectivity index (χ4n) is 8.68. The van der Waals surface area contributed by atoms with Gasteiger partial charge in [0.05, 0.1) is 5.52 Å². The molecule has 6 aromatic carbocycles. The van der Waals surface area contributed by atoms with Gasteiger partial charge in [-0.25, -0.2) is 4.98 Å². The summed E-state index contributed by atoms with van der Waals surface area (Å²) in [6, 6.07) is 61.9. The summed E-state index contributed by atoms with van der Waals surface area (Å²) in [7, 11) is 0. The van der Waals surface area contributed by atoms with Crippen LogP contribution in [-0.2, 0) is 31.9 Å². The molecule has 0 fully saturated rings. The normalized spacial score (nSPS) is 14.2. The van der Waals surface area contributed by atoms with Gasteiger partial charge in [0.25, 0.3) is 0 Å². The first-order chi connectivity index (χ1) is 29.3. The molecule has 2 aromatic heterocycles. The predicted octanol–water partition coefficient (Wildman–Crippen LogP) is 13.7. The van der Waals surface area contributed by atoms with Crippen molar-refractivity contribution in [1.29, 1.82) is 0 Å². The number of hydrogen-bond acceptors (Lipinski definition) is 4. The van der Waals surface area contributed by atoms with E-state index in [0.717, 1.165) is 51.1 Å². The van der Waals surface area contributed by atoms with Crippen molar-refractivity contribution in [1.82, 2.24) is 9.55 Å². The van der Waals surface area contributed by atoms with Gasteiger partial charge in [-0.1, -0.05) is 137 Å². The minimum atomic E-state index is -0.256. The van der Waals surface area contributed by atoms with Crippen molar-refractivity contribution in [2.75, 3.05) is 9.80 Å². The molecular formula is C55H45N4OPt-3. The first-order valence-electron chi connectivity index (χ1n) is 20.6. The Bertz CT molecular complexity index is 2930. The van der Waals surface area contributed by atoms with Crippen LogP contribution in [-0.4, -0.2) is 9.55 Å². The maximum atomic E-state index is 6.54. The van der Waals surface area contributed by atoms with E-state index >= 15 is 0 Å². The molecule has 2 aliphatic rings. The molecule has 1 aliphatic carbocycles. The Morgan fingerprint density at radius 1 is 0.557 bits per heavy atom. The molecule has 1 aliphatic heterocycles. The summed E-state index contributed by atoms with van der Waals surface area (Å²) in [5, 5.41) is 2.25. The molecule has 0 amide bonds. The Hall–Kier alpha value is -6.42. The van der Waals surface area contributed by atoms with E-state index in [1.807, 2.05) is 42.6 Å². The van der Waals surface area contributed by atoms with Crippen molar-refractivity contribution in [3.8, 4) is 17.2 Å². The van der Waals surface area contributed by atoms with Crippen molar-refractivity contribution in [3.05, 3.63) is 229 Å². The Balaban J connectivity index is 0.00000476. The molecule has 304 valence electrons. The molecular weight excluding hydrogens is 928 g/mol. The Kier molecular flexibility index (Phi) is 10.6. The number of ether oxygens (including phenoxy) is 1. The van der Waals surface area contributed by atoms with Gasteiger partial charge < -0.3 is 19.1 Å². The van der Waals surface area contributed by atoms with Crippen LogP contribution in [0.25, 0.3) is 27.6 Å². The fraction of sp³-hybridized carbons (Fsp3) is 0.127. The molecule has 61 heavy (non-hydrogen) atoms. The number of nitrogens with zero attached hydrogens (tertiary/aromatic N) is 4. The molecule has 0 saturated heterocycles. The number of anilines is 3. The van der Waals surface area contributed by atoms with Gasteiger partial charge in [-0.05, 0) is 64.4 Å². The average molecular weight is 973 g/mol. The number of aromatic nitrogens is 2. The van der Waals surface area contributed by atoms with Crippen LogP contribution in [0.2, 0.25) is 0 Å². The fourth-order valence-corrected chi connectivity index (χ4v) is 8.68. The third kappa shape index (κ3) is 7.32. The summed E-state index contributed by atoms with van der Waals surface area (Å²) in [6.07, 6.45) is 9.86. The summed E-state index contributed by atoms with van der Waals surface area (Å²) < 4.78 is 8.68. The molecule has 10 rings (SSSR count). The van der Waals surface area contributed by atoms with E-state index in [-0.39, 0.29) is 31.9 Å². The van der Waals surface area contributed by atoms with Crippen LogP contribution in [0, 0.1) is 18.8 Å². The number of pyridine rings is 1. The molecule has 0 bridgehead atoms. The van der Waals surface area contributed by atoms with E-state index in [0.29, 0.717) is 11.5 Å². The van der Waals surface area contributed by atoms with E-state index in [1.54, 1.807) is 0 Å². The van der Waals surface area contributed by atoms with E-state index in [9.17, 15) is 0 Å². The number of benzene rings is 6. The van der Waals surface area contributed by atoms with Gasteiger partial charge in [-0.2, -0.15) is 12.1 Å². The van der Waals surface area contributed by atoms with Gasteiger partial charge in [0, 0.05) is 78.2 Å². The monoisotopic (exact) mass is 972 g/mol.